The lowest BCUT2D eigenvalue weighted by Gasteiger charge is -2.25. The topological polar surface area (TPSA) is 84.3 Å². The molecule has 1 rings (SSSR count). The van der Waals surface area contributed by atoms with Gasteiger partial charge in [-0.2, -0.15) is 0 Å². The summed E-state index contributed by atoms with van der Waals surface area (Å²) in [5.74, 6) is -1.61. The normalized spacial score (nSPS) is 19.9. The Hall–Kier alpha value is -1.39. The van der Waals surface area contributed by atoms with E-state index in [1.165, 1.54) is 6.92 Å². The Morgan fingerprint density at radius 1 is 1.50 bits per heavy atom. The molecule has 1 aliphatic rings. The first kappa shape index (κ1) is 8.70. The van der Waals surface area contributed by atoms with Gasteiger partial charge in [-0.05, 0) is 12.8 Å². The number of likely N-dealkylation sites (tertiary alicyclic amines) is 1. The van der Waals surface area contributed by atoms with E-state index in [9.17, 15) is 14.7 Å². The Morgan fingerprint density at radius 2 is 1.92 bits per heavy atom. The first-order valence-corrected chi connectivity index (χ1v) is 3.64. The van der Waals surface area contributed by atoms with Gasteiger partial charge in [-0.1, -0.05) is 0 Å². The summed E-state index contributed by atoms with van der Waals surface area (Å²) in [4.78, 5) is 22.9. The average molecular weight is 169 g/mol. The number of amides is 2. The van der Waals surface area contributed by atoms with E-state index in [2.05, 4.69) is 0 Å². The smallest absolute Gasteiger partial charge is 0.230 e. The molecule has 0 aromatic heterocycles. The van der Waals surface area contributed by atoms with Crippen LogP contribution in [0.2, 0.25) is 0 Å². The van der Waals surface area contributed by atoms with Gasteiger partial charge >= 0.3 is 0 Å². The van der Waals surface area contributed by atoms with Crippen molar-refractivity contribution >= 4 is 17.7 Å². The minimum absolute atomic E-state index is 0.163. The molecule has 1 fully saturated rings. The standard InChI is InChI=1S/C7H10N2O3/c1-4(7(8)12)9-5(10)2-3-6(9)11/h4H,2-3H2,1H3,(H2,8,12)/p-1. The third-order valence-corrected chi connectivity index (χ3v) is 1.86. The van der Waals surface area contributed by atoms with Crippen molar-refractivity contribution in [3.8, 4) is 0 Å². The van der Waals surface area contributed by atoms with Crippen molar-refractivity contribution in [2.24, 2.45) is 0 Å². The second-order valence-corrected chi connectivity index (χ2v) is 2.70. The molecule has 1 atom stereocenters. The molecular formula is C7H9N2O3-. The van der Waals surface area contributed by atoms with Gasteiger partial charge in [0.15, 0.2) is 0 Å². The van der Waals surface area contributed by atoms with Crippen LogP contribution in [0.15, 0.2) is 0 Å². The maximum atomic E-state index is 11.0. The molecule has 0 aromatic rings. The van der Waals surface area contributed by atoms with E-state index in [-0.39, 0.29) is 24.7 Å². The minimum atomic E-state index is -0.924. The molecule has 1 heterocycles. The van der Waals surface area contributed by atoms with Crippen molar-refractivity contribution in [1.82, 2.24) is 4.90 Å². The SMILES string of the molecule is CC(C(=N)[O-])N1C(=O)CCC1=O. The fourth-order valence-corrected chi connectivity index (χ4v) is 1.14. The average Bonchev–Trinajstić information content (AvgIpc) is 2.30. The number of rotatable bonds is 2. The largest absolute Gasteiger partial charge is 0.861 e. The van der Waals surface area contributed by atoms with E-state index in [0.29, 0.717) is 0 Å². The lowest BCUT2D eigenvalue weighted by Crippen LogP contribution is -2.46. The van der Waals surface area contributed by atoms with Gasteiger partial charge in [0.25, 0.3) is 0 Å². The molecule has 1 saturated heterocycles. The number of hydrogen-bond donors (Lipinski definition) is 1. The van der Waals surface area contributed by atoms with Gasteiger partial charge in [0, 0.05) is 12.8 Å². The molecule has 5 nitrogen and oxygen atoms in total. The number of nitrogens with one attached hydrogen (secondary N) is 1. The molecule has 1 N–H and O–H groups in total. The first-order chi connectivity index (χ1) is 5.54. The van der Waals surface area contributed by atoms with Gasteiger partial charge in [-0.25, -0.2) is 0 Å². The molecule has 5 heteroatoms. The van der Waals surface area contributed by atoms with Crippen molar-refractivity contribution in [3.05, 3.63) is 0 Å². The second kappa shape index (κ2) is 2.92. The maximum Gasteiger partial charge on any atom is 0.230 e. The Balaban J connectivity index is 2.79. The number of nitrogens with zero attached hydrogens (tertiary/aromatic N) is 1. The van der Waals surface area contributed by atoms with Crippen LogP contribution in [0.5, 0.6) is 0 Å². The third-order valence-electron chi connectivity index (χ3n) is 1.86. The maximum absolute atomic E-state index is 11.0. The molecule has 66 valence electrons. The fourth-order valence-electron chi connectivity index (χ4n) is 1.14. The Bertz CT molecular complexity index is 233. The zero-order valence-electron chi connectivity index (χ0n) is 6.66. The Kier molecular flexibility index (Phi) is 2.12. The molecule has 0 aliphatic carbocycles. The summed E-state index contributed by atoms with van der Waals surface area (Å²) in [5.41, 5.74) is 0. The molecular weight excluding hydrogens is 160 g/mol. The minimum Gasteiger partial charge on any atom is -0.861 e. The van der Waals surface area contributed by atoms with Crippen LogP contribution >= 0.6 is 0 Å². The molecule has 0 aromatic carbocycles. The van der Waals surface area contributed by atoms with E-state index in [4.69, 9.17) is 5.41 Å². The van der Waals surface area contributed by atoms with Gasteiger partial charge in [0.1, 0.15) is 0 Å². The predicted molar refractivity (Wildman–Crippen MR) is 38.3 cm³/mol. The van der Waals surface area contributed by atoms with E-state index in [1.54, 1.807) is 0 Å². The van der Waals surface area contributed by atoms with E-state index >= 15 is 0 Å². The van der Waals surface area contributed by atoms with Crippen LogP contribution in [0.4, 0.5) is 0 Å². The van der Waals surface area contributed by atoms with Gasteiger partial charge < -0.3 is 10.5 Å². The summed E-state index contributed by atoms with van der Waals surface area (Å²) >= 11 is 0. The van der Waals surface area contributed by atoms with Gasteiger partial charge in [-0.3, -0.25) is 14.5 Å². The van der Waals surface area contributed by atoms with Crippen LogP contribution in [0.25, 0.3) is 0 Å². The summed E-state index contributed by atoms with van der Waals surface area (Å²) in [6.45, 7) is 1.39. The van der Waals surface area contributed by atoms with Crippen LogP contribution in [0.3, 0.4) is 0 Å². The summed E-state index contributed by atoms with van der Waals surface area (Å²) in [6.07, 6.45) is 0.326. The molecule has 12 heavy (non-hydrogen) atoms. The van der Waals surface area contributed by atoms with Crippen molar-refractivity contribution < 1.29 is 14.7 Å². The highest BCUT2D eigenvalue weighted by molar-refractivity contribution is 6.04. The monoisotopic (exact) mass is 169 g/mol. The van der Waals surface area contributed by atoms with Crippen molar-refractivity contribution in [2.75, 3.05) is 0 Å². The lowest BCUT2D eigenvalue weighted by atomic mass is 10.3. The summed E-state index contributed by atoms with van der Waals surface area (Å²) in [6, 6.07) is -0.924. The Morgan fingerprint density at radius 3 is 2.25 bits per heavy atom. The lowest BCUT2D eigenvalue weighted by molar-refractivity contribution is -0.225. The van der Waals surface area contributed by atoms with Gasteiger partial charge in [0.05, 0.1) is 6.04 Å². The highest BCUT2D eigenvalue weighted by atomic mass is 16.3. The molecule has 0 radical (unpaired) electrons. The summed E-state index contributed by atoms with van der Waals surface area (Å²) < 4.78 is 0. The number of hydrogen-bond acceptors (Lipinski definition) is 4. The van der Waals surface area contributed by atoms with Crippen LogP contribution < -0.4 is 5.11 Å². The highest BCUT2D eigenvalue weighted by Gasteiger charge is 2.32. The van der Waals surface area contributed by atoms with Gasteiger partial charge in [0.2, 0.25) is 11.8 Å². The molecule has 2 amide bonds. The quantitative estimate of drug-likeness (QED) is 0.322. The fraction of sp³-hybridized carbons (Fsp3) is 0.571. The van der Waals surface area contributed by atoms with Crippen molar-refractivity contribution in [2.45, 2.75) is 25.8 Å². The highest BCUT2D eigenvalue weighted by Crippen LogP contribution is 2.14. The number of imide groups is 1. The molecule has 1 aliphatic heterocycles. The zero-order chi connectivity index (χ0) is 9.30. The second-order valence-electron chi connectivity index (χ2n) is 2.70. The molecule has 1 unspecified atom stereocenters. The van der Waals surface area contributed by atoms with Crippen molar-refractivity contribution in [3.63, 3.8) is 0 Å². The predicted octanol–water partition coefficient (Wildman–Crippen LogP) is -1.14. The van der Waals surface area contributed by atoms with Crippen LogP contribution in [0, 0.1) is 5.41 Å². The third kappa shape index (κ3) is 1.30. The molecule has 0 bridgehead atoms. The van der Waals surface area contributed by atoms with E-state index in [0.717, 1.165) is 4.90 Å². The number of carbonyl (C=O) groups excluding carboxylic acids is 2. The summed E-state index contributed by atoms with van der Waals surface area (Å²) in [5, 5.41) is 17.3. The number of carbonyl (C=O) groups is 2. The Labute approximate surface area is 69.5 Å². The van der Waals surface area contributed by atoms with Gasteiger partial charge in [-0.15, -0.1) is 0 Å². The molecule has 0 saturated carbocycles. The summed E-state index contributed by atoms with van der Waals surface area (Å²) in [7, 11) is 0. The molecule has 0 spiro atoms. The van der Waals surface area contributed by atoms with E-state index < -0.39 is 11.9 Å². The van der Waals surface area contributed by atoms with Crippen molar-refractivity contribution in [1.29, 1.82) is 5.41 Å². The van der Waals surface area contributed by atoms with Crippen LogP contribution in [-0.4, -0.2) is 28.7 Å². The van der Waals surface area contributed by atoms with Crippen LogP contribution in [0.1, 0.15) is 19.8 Å². The van der Waals surface area contributed by atoms with Crippen LogP contribution in [-0.2, 0) is 9.59 Å². The zero-order valence-corrected chi connectivity index (χ0v) is 6.66. The van der Waals surface area contributed by atoms with E-state index in [1.807, 2.05) is 0 Å². The first-order valence-electron chi connectivity index (χ1n) is 3.64.